The fourth-order valence-corrected chi connectivity index (χ4v) is 7.65. The molecule has 0 atom stereocenters. The second kappa shape index (κ2) is 11.7. The van der Waals surface area contributed by atoms with E-state index in [4.69, 9.17) is 39.5 Å². The lowest BCUT2D eigenvalue weighted by atomic mass is 9.63. The fourth-order valence-electron chi connectivity index (χ4n) is 6.95. The van der Waals surface area contributed by atoms with Crippen LogP contribution in [-0.4, -0.2) is 16.5 Å². The SMILES string of the molecule is CC1(C)CC(=O)C2=C(C1)N(Cc1ccccc1)C1=C(C(=O)CC(C)(C)C1)C2c1ccc(OCc2ccc(Cl)cc2Cl)c(Cl)c1. The van der Waals surface area contributed by atoms with Crippen LogP contribution >= 0.6 is 34.8 Å². The summed E-state index contributed by atoms with van der Waals surface area (Å²) in [6.07, 6.45) is 2.36. The van der Waals surface area contributed by atoms with Crippen LogP contribution in [0.1, 0.15) is 76.0 Å². The van der Waals surface area contributed by atoms with Crippen molar-refractivity contribution in [2.24, 2.45) is 10.8 Å². The number of allylic oxidation sites excluding steroid dienone is 4. The van der Waals surface area contributed by atoms with Gasteiger partial charge in [-0.2, -0.15) is 0 Å². The summed E-state index contributed by atoms with van der Waals surface area (Å²) >= 11 is 19.2. The van der Waals surface area contributed by atoms with Crippen molar-refractivity contribution in [2.45, 2.75) is 72.4 Å². The van der Waals surface area contributed by atoms with Crippen LogP contribution in [0.2, 0.25) is 15.1 Å². The lowest BCUT2D eigenvalue weighted by Crippen LogP contribution is -2.44. The Morgan fingerprint density at radius 2 is 1.36 bits per heavy atom. The third-order valence-electron chi connectivity index (χ3n) is 8.89. The van der Waals surface area contributed by atoms with Crippen molar-refractivity contribution in [2.75, 3.05) is 0 Å². The third-order valence-corrected chi connectivity index (χ3v) is 9.78. The number of nitrogens with zero attached hydrogens (tertiary/aromatic N) is 1. The molecule has 44 heavy (non-hydrogen) atoms. The number of hydrogen-bond acceptors (Lipinski definition) is 4. The van der Waals surface area contributed by atoms with Crippen molar-refractivity contribution in [3.05, 3.63) is 121 Å². The highest BCUT2D eigenvalue weighted by atomic mass is 35.5. The number of rotatable bonds is 6. The monoisotopic (exact) mass is 647 g/mol. The van der Waals surface area contributed by atoms with E-state index in [1.54, 1.807) is 12.1 Å². The van der Waals surface area contributed by atoms with Gasteiger partial charge in [0.05, 0.1) is 5.02 Å². The van der Waals surface area contributed by atoms with E-state index in [2.05, 4.69) is 44.7 Å². The van der Waals surface area contributed by atoms with Gasteiger partial charge >= 0.3 is 0 Å². The summed E-state index contributed by atoms with van der Waals surface area (Å²) in [4.78, 5) is 30.5. The molecule has 1 aliphatic heterocycles. The summed E-state index contributed by atoms with van der Waals surface area (Å²) < 4.78 is 6.05. The zero-order chi connectivity index (χ0) is 31.4. The Morgan fingerprint density at radius 1 is 0.750 bits per heavy atom. The van der Waals surface area contributed by atoms with E-state index in [9.17, 15) is 9.59 Å². The summed E-state index contributed by atoms with van der Waals surface area (Å²) in [5.74, 6) is 0.213. The first-order valence-electron chi connectivity index (χ1n) is 15.0. The Kier molecular flexibility index (Phi) is 8.24. The lowest BCUT2D eigenvalue weighted by Gasteiger charge is -2.49. The Morgan fingerprint density at radius 3 is 1.93 bits per heavy atom. The van der Waals surface area contributed by atoms with Crippen molar-refractivity contribution in [3.8, 4) is 5.75 Å². The zero-order valence-corrected chi connectivity index (χ0v) is 27.7. The molecule has 3 aromatic rings. The van der Waals surface area contributed by atoms with Crippen LogP contribution in [0.25, 0.3) is 0 Å². The van der Waals surface area contributed by atoms with E-state index in [1.807, 2.05) is 42.5 Å². The van der Waals surface area contributed by atoms with E-state index in [0.29, 0.717) is 40.2 Å². The molecule has 0 N–H and O–H groups in total. The predicted molar refractivity (Wildman–Crippen MR) is 177 cm³/mol. The van der Waals surface area contributed by atoms with Gasteiger partial charge < -0.3 is 9.64 Å². The van der Waals surface area contributed by atoms with Gasteiger partial charge in [-0.3, -0.25) is 9.59 Å². The maximum absolute atomic E-state index is 14.1. The predicted octanol–water partition coefficient (Wildman–Crippen LogP) is 10.1. The lowest BCUT2D eigenvalue weighted by molar-refractivity contribution is -0.119. The molecule has 0 amide bonds. The number of benzene rings is 3. The van der Waals surface area contributed by atoms with Crippen molar-refractivity contribution in [1.29, 1.82) is 0 Å². The summed E-state index contributed by atoms with van der Waals surface area (Å²) in [5, 5.41) is 1.49. The first-order valence-corrected chi connectivity index (χ1v) is 16.2. The zero-order valence-electron chi connectivity index (χ0n) is 25.5. The Balaban J connectivity index is 1.45. The molecule has 1 heterocycles. The minimum absolute atomic E-state index is 0.0947. The molecule has 0 bridgehead atoms. The van der Waals surface area contributed by atoms with E-state index in [0.717, 1.165) is 52.1 Å². The van der Waals surface area contributed by atoms with Crippen LogP contribution in [0.15, 0.2) is 89.3 Å². The minimum atomic E-state index is -0.475. The van der Waals surface area contributed by atoms with E-state index in [1.165, 1.54) is 0 Å². The molecular formula is C37H36Cl3NO3. The molecule has 4 nitrogen and oxygen atoms in total. The van der Waals surface area contributed by atoms with Gasteiger partial charge in [-0.1, -0.05) is 105 Å². The standard InChI is InChI=1S/C37H36Cl3NO3/c1-36(2)16-28-34(30(42)18-36)33(23-11-13-32(27(40)14-23)44-21-24-10-12-25(38)15-26(24)39)35-29(17-37(3,4)19-31(35)43)41(28)20-22-8-6-5-7-9-22/h5-15,33H,16-21H2,1-4H3. The molecule has 2 aliphatic carbocycles. The molecule has 0 saturated carbocycles. The van der Waals surface area contributed by atoms with E-state index >= 15 is 0 Å². The summed E-state index contributed by atoms with van der Waals surface area (Å²) in [7, 11) is 0. The molecule has 3 aliphatic rings. The average Bonchev–Trinajstić information content (AvgIpc) is 2.93. The molecule has 0 fully saturated rings. The maximum Gasteiger partial charge on any atom is 0.162 e. The second-order valence-electron chi connectivity index (χ2n) is 13.8. The van der Waals surface area contributed by atoms with Gasteiger partial charge in [0.25, 0.3) is 0 Å². The molecule has 7 heteroatoms. The molecule has 0 aromatic heterocycles. The van der Waals surface area contributed by atoms with E-state index < -0.39 is 5.92 Å². The van der Waals surface area contributed by atoms with E-state index in [-0.39, 0.29) is 29.0 Å². The third kappa shape index (κ3) is 6.09. The van der Waals surface area contributed by atoms with Crippen LogP contribution in [-0.2, 0) is 22.7 Å². The van der Waals surface area contributed by atoms with Crippen LogP contribution < -0.4 is 4.74 Å². The minimum Gasteiger partial charge on any atom is -0.487 e. The molecule has 6 rings (SSSR count). The fraction of sp³-hybridized carbons (Fsp3) is 0.351. The van der Waals surface area contributed by atoms with Gasteiger partial charge in [0, 0.05) is 63.5 Å². The highest BCUT2D eigenvalue weighted by Gasteiger charge is 2.49. The van der Waals surface area contributed by atoms with Gasteiger partial charge in [-0.05, 0) is 59.1 Å². The summed E-state index contributed by atoms with van der Waals surface area (Å²) in [6.45, 7) is 9.44. The number of carbonyl (C=O) groups is 2. The van der Waals surface area contributed by atoms with Crippen LogP contribution in [0.3, 0.4) is 0 Å². The molecule has 0 spiro atoms. The Labute approximate surface area is 274 Å². The van der Waals surface area contributed by atoms with Gasteiger partial charge in [0.1, 0.15) is 12.4 Å². The van der Waals surface area contributed by atoms with Crippen molar-refractivity contribution < 1.29 is 14.3 Å². The quantitative estimate of drug-likeness (QED) is 0.267. The Hall–Kier alpha value is -3.05. The summed E-state index contributed by atoms with van der Waals surface area (Å²) in [6, 6.07) is 21.2. The molecule has 0 radical (unpaired) electrons. The van der Waals surface area contributed by atoms with Crippen molar-refractivity contribution in [1.82, 2.24) is 4.90 Å². The van der Waals surface area contributed by atoms with Crippen LogP contribution in [0.4, 0.5) is 0 Å². The molecule has 0 unspecified atom stereocenters. The molecular weight excluding hydrogens is 613 g/mol. The first-order chi connectivity index (χ1) is 20.8. The maximum atomic E-state index is 14.1. The number of Topliss-reactive ketones (excluding diaryl/α,β-unsaturated/α-hetero) is 2. The first kappa shape index (κ1) is 31.0. The average molecular weight is 649 g/mol. The highest BCUT2D eigenvalue weighted by molar-refractivity contribution is 6.35. The molecule has 3 aromatic carbocycles. The Bertz CT molecular complexity index is 1670. The van der Waals surface area contributed by atoms with Gasteiger partial charge in [-0.25, -0.2) is 0 Å². The molecule has 228 valence electrons. The van der Waals surface area contributed by atoms with Gasteiger partial charge in [0.2, 0.25) is 0 Å². The topological polar surface area (TPSA) is 46.6 Å². The number of carbonyl (C=O) groups excluding carboxylic acids is 2. The van der Waals surface area contributed by atoms with Gasteiger partial charge in [0.15, 0.2) is 11.6 Å². The molecule has 0 saturated heterocycles. The number of ketones is 2. The number of hydrogen-bond donors (Lipinski definition) is 0. The van der Waals surface area contributed by atoms with Gasteiger partial charge in [-0.15, -0.1) is 0 Å². The van der Waals surface area contributed by atoms with Crippen molar-refractivity contribution in [3.63, 3.8) is 0 Å². The normalized spacial score (nSPS) is 19.7. The number of ether oxygens (including phenoxy) is 1. The number of halogens is 3. The highest BCUT2D eigenvalue weighted by Crippen LogP contribution is 2.55. The van der Waals surface area contributed by atoms with Crippen LogP contribution in [0.5, 0.6) is 5.75 Å². The second-order valence-corrected chi connectivity index (χ2v) is 15.1. The summed E-state index contributed by atoms with van der Waals surface area (Å²) in [5.41, 5.74) is 5.87. The largest absolute Gasteiger partial charge is 0.487 e. The van der Waals surface area contributed by atoms with Crippen LogP contribution in [0, 0.1) is 10.8 Å². The van der Waals surface area contributed by atoms with Crippen molar-refractivity contribution >= 4 is 46.4 Å². The smallest absolute Gasteiger partial charge is 0.162 e.